The minimum Gasteiger partial charge on any atom is -0.384 e. The zero-order valence-corrected chi connectivity index (χ0v) is 12.4. The quantitative estimate of drug-likeness (QED) is 0.873. The average Bonchev–Trinajstić information content (AvgIpc) is 2.40. The van der Waals surface area contributed by atoms with E-state index in [1.54, 1.807) is 18.2 Å². The Hall–Kier alpha value is -1.73. The summed E-state index contributed by atoms with van der Waals surface area (Å²) in [4.78, 5) is 8.32. The number of nitrogens with two attached hydrogens (primary N) is 1. The van der Waals surface area contributed by atoms with Crippen LogP contribution >= 0.6 is 15.9 Å². The molecule has 106 valence electrons. The second-order valence-electron chi connectivity index (χ2n) is 3.99. The van der Waals surface area contributed by atoms with Gasteiger partial charge in [0.1, 0.15) is 24.1 Å². The Labute approximate surface area is 124 Å². The van der Waals surface area contributed by atoms with E-state index in [2.05, 4.69) is 31.2 Å². The maximum absolute atomic E-state index is 13.4. The van der Waals surface area contributed by atoms with Gasteiger partial charge in [-0.25, -0.2) is 14.4 Å². The average molecular weight is 341 g/mol. The number of aromatic nitrogens is 2. The summed E-state index contributed by atoms with van der Waals surface area (Å²) >= 11 is 3.10. The van der Waals surface area contributed by atoms with E-state index in [-0.39, 0.29) is 12.4 Å². The van der Waals surface area contributed by atoms with Gasteiger partial charge in [-0.2, -0.15) is 0 Å². The van der Waals surface area contributed by atoms with Crippen LogP contribution in [0.4, 0.5) is 21.7 Å². The molecule has 0 atom stereocenters. The van der Waals surface area contributed by atoms with Gasteiger partial charge in [0.15, 0.2) is 5.82 Å². The van der Waals surface area contributed by atoms with Gasteiger partial charge in [-0.1, -0.05) is 0 Å². The Bertz CT molecular complexity index is 609. The largest absolute Gasteiger partial charge is 0.384 e. The monoisotopic (exact) mass is 340 g/mol. The van der Waals surface area contributed by atoms with E-state index in [0.29, 0.717) is 34.2 Å². The zero-order valence-electron chi connectivity index (χ0n) is 10.9. The second-order valence-corrected chi connectivity index (χ2v) is 4.84. The zero-order chi connectivity index (χ0) is 14.5. The number of hydrogen-bond acceptors (Lipinski definition) is 5. The van der Waals surface area contributed by atoms with E-state index < -0.39 is 0 Å². The standard InChI is InChI=1S/C13H14BrFN4O/c1-2-20-7-13-18-11(16)6-12(19-13)17-8-3-4-9(14)10(15)5-8/h3-6H,2,7H2,1H3,(H3,16,17,18,19). The van der Waals surface area contributed by atoms with Crippen molar-refractivity contribution in [3.8, 4) is 0 Å². The molecule has 0 fully saturated rings. The van der Waals surface area contributed by atoms with Gasteiger partial charge in [-0.15, -0.1) is 0 Å². The number of anilines is 3. The molecule has 20 heavy (non-hydrogen) atoms. The van der Waals surface area contributed by atoms with Gasteiger partial charge < -0.3 is 15.8 Å². The highest BCUT2D eigenvalue weighted by molar-refractivity contribution is 9.10. The van der Waals surface area contributed by atoms with Crippen LogP contribution in [-0.4, -0.2) is 16.6 Å². The van der Waals surface area contributed by atoms with Gasteiger partial charge in [-0.05, 0) is 41.1 Å². The summed E-state index contributed by atoms with van der Waals surface area (Å²) in [6, 6.07) is 6.29. The number of rotatable bonds is 5. The molecule has 1 aromatic heterocycles. The summed E-state index contributed by atoms with van der Waals surface area (Å²) in [5.74, 6) is 0.946. The molecular formula is C13H14BrFN4O. The highest BCUT2D eigenvalue weighted by Gasteiger charge is 2.05. The molecule has 0 spiro atoms. The lowest BCUT2D eigenvalue weighted by Gasteiger charge is -2.09. The Balaban J connectivity index is 2.19. The van der Waals surface area contributed by atoms with Gasteiger partial charge in [0.2, 0.25) is 0 Å². The summed E-state index contributed by atoms with van der Waals surface area (Å²) in [6.45, 7) is 2.74. The van der Waals surface area contributed by atoms with Crippen LogP contribution in [0.5, 0.6) is 0 Å². The van der Waals surface area contributed by atoms with Crippen molar-refractivity contribution in [3.63, 3.8) is 0 Å². The number of nitrogen functional groups attached to an aromatic ring is 1. The van der Waals surface area contributed by atoms with E-state index in [0.717, 1.165) is 0 Å². The molecule has 5 nitrogen and oxygen atoms in total. The first-order chi connectivity index (χ1) is 9.58. The van der Waals surface area contributed by atoms with Gasteiger partial charge in [0, 0.05) is 18.4 Å². The van der Waals surface area contributed by atoms with Crippen molar-refractivity contribution in [3.05, 3.63) is 40.4 Å². The van der Waals surface area contributed by atoms with Crippen molar-refractivity contribution in [1.29, 1.82) is 0 Å². The first kappa shape index (κ1) is 14.7. The number of halogens is 2. The lowest BCUT2D eigenvalue weighted by molar-refractivity contribution is 0.128. The minimum absolute atomic E-state index is 0.283. The molecule has 7 heteroatoms. The molecule has 2 rings (SSSR count). The predicted octanol–water partition coefficient (Wildman–Crippen LogP) is 3.24. The molecule has 2 aromatic rings. The van der Waals surface area contributed by atoms with Crippen LogP contribution in [0, 0.1) is 5.82 Å². The van der Waals surface area contributed by atoms with Crippen LogP contribution in [0.15, 0.2) is 28.7 Å². The first-order valence-electron chi connectivity index (χ1n) is 6.01. The summed E-state index contributed by atoms with van der Waals surface area (Å²) in [7, 11) is 0. The molecule has 0 bridgehead atoms. The van der Waals surface area contributed by atoms with E-state index in [1.165, 1.54) is 6.07 Å². The third kappa shape index (κ3) is 3.88. The normalized spacial score (nSPS) is 10.6. The number of hydrogen-bond donors (Lipinski definition) is 2. The minimum atomic E-state index is -0.355. The molecule has 1 aromatic carbocycles. The molecule has 0 saturated carbocycles. The fourth-order valence-electron chi connectivity index (χ4n) is 1.56. The van der Waals surface area contributed by atoms with Crippen LogP contribution in [0.3, 0.4) is 0 Å². The topological polar surface area (TPSA) is 73.1 Å². The van der Waals surface area contributed by atoms with E-state index >= 15 is 0 Å². The van der Waals surface area contributed by atoms with Gasteiger partial charge in [0.25, 0.3) is 0 Å². The lowest BCUT2D eigenvalue weighted by atomic mass is 10.3. The van der Waals surface area contributed by atoms with Crippen molar-refractivity contribution in [2.24, 2.45) is 0 Å². The highest BCUT2D eigenvalue weighted by atomic mass is 79.9. The number of nitrogens with zero attached hydrogens (tertiary/aromatic N) is 2. The van der Waals surface area contributed by atoms with Crippen LogP contribution in [0.25, 0.3) is 0 Å². The lowest BCUT2D eigenvalue weighted by Crippen LogP contribution is -2.05. The molecule has 0 aliphatic heterocycles. The van der Waals surface area contributed by atoms with E-state index in [1.807, 2.05) is 6.92 Å². The highest BCUT2D eigenvalue weighted by Crippen LogP contribution is 2.22. The number of benzene rings is 1. The molecule has 0 aliphatic carbocycles. The maximum Gasteiger partial charge on any atom is 0.158 e. The fourth-order valence-corrected chi connectivity index (χ4v) is 1.81. The third-order valence-electron chi connectivity index (χ3n) is 2.42. The second kappa shape index (κ2) is 6.62. The smallest absolute Gasteiger partial charge is 0.158 e. The van der Waals surface area contributed by atoms with E-state index in [9.17, 15) is 4.39 Å². The molecule has 0 radical (unpaired) electrons. The SMILES string of the molecule is CCOCc1nc(N)cc(Nc2ccc(Br)c(F)c2)n1. The van der Waals surface area contributed by atoms with Gasteiger partial charge in [-0.3, -0.25) is 0 Å². The van der Waals surface area contributed by atoms with Crippen molar-refractivity contribution < 1.29 is 9.13 Å². The van der Waals surface area contributed by atoms with Crippen LogP contribution in [-0.2, 0) is 11.3 Å². The molecule has 0 unspecified atom stereocenters. The molecule has 0 aliphatic rings. The predicted molar refractivity (Wildman–Crippen MR) is 79.2 cm³/mol. The van der Waals surface area contributed by atoms with Crippen LogP contribution < -0.4 is 11.1 Å². The molecule has 1 heterocycles. The van der Waals surface area contributed by atoms with Crippen molar-refractivity contribution >= 4 is 33.3 Å². The summed E-state index contributed by atoms with van der Waals surface area (Å²) in [6.07, 6.45) is 0. The molecule has 0 saturated heterocycles. The Morgan fingerprint density at radius 1 is 1.35 bits per heavy atom. The Morgan fingerprint density at radius 3 is 2.85 bits per heavy atom. The van der Waals surface area contributed by atoms with Crippen LogP contribution in [0.2, 0.25) is 0 Å². The fraction of sp³-hybridized carbons (Fsp3) is 0.231. The van der Waals surface area contributed by atoms with Crippen molar-refractivity contribution in [1.82, 2.24) is 9.97 Å². The van der Waals surface area contributed by atoms with E-state index in [4.69, 9.17) is 10.5 Å². The number of nitrogens with one attached hydrogen (secondary N) is 1. The molecule has 3 N–H and O–H groups in total. The first-order valence-corrected chi connectivity index (χ1v) is 6.81. The van der Waals surface area contributed by atoms with Crippen molar-refractivity contribution in [2.75, 3.05) is 17.7 Å². The summed E-state index contributed by atoms with van der Waals surface area (Å²) in [5.41, 5.74) is 6.29. The van der Waals surface area contributed by atoms with Crippen LogP contribution in [0.1, 0.15) is 12.7 Å². The number of ether oxygens (including phenoxy) is 1. The third-order valence-corrected chi connectivity index (χ3v) is 3.06. The summed E-state index contributed by atoms with van der Waals surface area (Å²) < 4.78 is 19.1. The van der Waals surface area contributed by atoms with Gasteiger partial charge in [0.05, 0.1) is 4.47 Å². The Morgan fingerprint density at radius 2 is 2.15 bits per heavy atom. The molecular weight excluding hydrogens is 327 g/mol. The molecule has 0 amide bonds. The maximum atomic E-state index is 13.4. The Kier molecular flexibility index (Phi) is 4.86. The van der Waals surface area contributed by atoms with Crippen molar-refractivity contribution in [2.45, 2.75) is 13.5 Å². The van der Waals surface area contributed by atoms with Gasteiger partial charge >= 0.3 is 0 Å². The summed E-state index contributed by atoms with van der Waals surface area (Å²) in [5, 5.41) is 2.98.